The van der Waals surface area contributed by atoms with Crippen LogP contribution in [0.5, 0.6) is 5.88 Å². The van der Waals surface area contributed by atoms with Crippen molar-refractivity contribution in [1.82, 2.24) is 30.3 Å². The molecule has 14 heteroatoms. The minimum absolute atomic E-state index is 0.0160. The number of nitrogens with one attached hydrogen (secondary N) is 2. The van der Waals surface area contributed by atoms with Crippen molar-refractivity contribution in [2.45, 2.75) is 74.7 Å². The number of aromatic nitrogens is 3. The van der Waals surface area contributed by atoms with Gasteiger partial charge in [-0.15, -0.1) is 0 Å². The maximum absolute atomic E-state index is 14.4. The number of amides is 2. The highest BCUT2D eigenvalue weighted by Gasteiger charge is 2.58. The number of H-pyrrole nitrogens is 1. The zero-order valence-electron chi connectivity index (χ0n) is 24.6. The van der Waals surface area contributed by atoms with E-state index < -0.39 is 23.1 Å². The van der Waals surface area contributed by atoms with E-state index in [1.54, 1.807) is 23.9 Å². The largest absolute Gasteiger partial charge is 0.481 e. The third-order valence-electron chi connectivity index (χ3n) is 9.04. The summed E-state index contributed by atoms with van der Waals surface area (Å²) in [7, 11) is 4.97. The van der Waals surface area contributed by atoms with E-state index in [1.807, 2.05) is 0 Å². The van der Waals surface area contributed by atoms with Crippen LogP contribution in [0.15, 0.2) is 18.3 Å². The van der Waals surface area contributed by atoms with Crippen LogP contribution in [0.1, 0.15) is 61.9 Å². The fourth-order valence-corrected chi connectivity index (χ4v) is 6.28. The van der Waals surface area contributed by atoms with Gasteiger partial charge in [0.25, 0.3) is 5.91 Å². The molecule has 0 bridgehead atoms. The molecule has 2 saturated carbocycles. The van der Waals surface area contributed by atoms with Crippen LogP contribution >= 0.6 is 0 Å². The van der Waals surface area contributed by atoms with Gasteiger partial charge in [0.1, 0.15) is 0 Å². The van der Waals surface area contributed by atoms with E-state index in [2.05, 4.69) is 20.5 Å². The molecule has 5 rings (SSSR count). The molecular weight excluding hydrogens is 572 g/mol. The number of carbonyl (C=O) groups is 2. The van der Waals surface area contributed by atoms with Gasteiger partial charge >= 0.3 is 6.18 Å². The molecule has 236 valence electrons. The SMILES string of the molecule is COc1cc(-c2cc(C(=O)N3CC[C@H](C(=O)N[C@H]4CC[C@@](OCCN(C)C)(C(F)(F)F)CC4)CC34CC4)n[nH]2)c(F)cn1. The number of aromatic amines is 1. The number of hydrogen-bond donors (Lipinski definition) is 2. The lowest BCUT2D eigenvalue weighted by atomic mass is 9.80. The lowest BCUT2D eigenvalue weighted by Gasteiger charge is -2.42. The summed E-state index contributed by atoms with van der Waals surface area (Å²) in [6.45, 7) is 0.719. The molecule has 3 heterocycles. The first-order chi connectivity index (χ1) is 20.4. The number of ether oxygens (including phenoxy) is 2. The second-order valence-corrected chi connectivity index (χ2v) is 12.2. The van der Waals surface area contributed by atoms with Crippen LogP contribution in [0.3, 0.4) is 0 Å². The van der Waals surface area contributed by atoms with Crippen molar-refractivity contribution >= 4 is 11.8 Å². The first kappa shape index (κ1) is 31.2. The Balaban J connectivity index is 1.17. The number of likely N-dealkylation sites (N-methyl/N-ethyl adjacent to an activating group) is 1. The number of alkyl halides is 3. The smallest absolute Gasteiger partial charge is 0.417 e. The van der Waals surface area contributed by atoms with Gasteiger partial charge < -0.3 is 24.6 Å². The molecule has 10 nitrogen and oxygen atoms in total. The second kappa shape index (κ2) is 12.0. The van der Waals surface area contributed by atoms with E-state index in [0.717, 1.165) is 19.0 Å². The summed E-state index contributed by atoms with van der Waals surface area (Å²) < 4.78 is 66.8. The normalized spacial score (nSPS) is 25.2. The summed E-state index contributed by atoms with van der Waals surface area (Å²) in [6, 6.07) is 2.55. The van der Waals surface area contributed by atoms with Gasteiger partial charge in [0.2, 0.25) is 11.8 Å². The maximum Gasteiger partial charge on any atom is 0.417 e. The van der Waals surface area contributed by atoms with Crippen molar-refractivity contribution in [1.29, 1.82) is 0 Å². The van der Waals surface area contributed by atoms with Crippen molar-refractivity contribution < 1.29 is 36.6 Å². The Labute approximate surface area is 247 Å². The summed E-state index contributed by atoms with van der Waals surface area (Å²) in [6.07, 6.45) is -1.09. The highest BCUT2D eigenvalue weighted by atomic mass is 19.4. The average Bonchev–Trinajstić information content (AvgIpc) is 3.54. The van der Waals surface area contributed by atoms with Crippen molar-refractivity contribution in [3.63, 3.8) is 0 Å². The van der Waals surface area contributed by atoms with Gasteiger partial charge in [0.15, 0.2) is 17.1 Å². The van der Waals surface area contributed by atoms with E-state index in [4.69, 9.17) is 9.47 Å². The summed E-state index contributed by atoms with van der Waals surface area (Å²) in [5, 5.41) is 9.84. The molecule has 1 aliphatic heterocycles. The van der Waals surface area contributed by atoms with Gasteiger partial charge in [0, 0.05) is 42.2 Å². The molecule has 0 unspecified atom stereocenters. The van der Waals surface area contributed by atoms with Crippen LogP contribution in [0.25, 0.3) is 11.3 Å². The Bertz CT molecular complexity index is 1320. The zero-order chi connectivity index (χ0) is 31.0. The number of piperidine rings is 1. The number of halogens is 4. The number of methoxy groups -OCH3 is 1. The molecule has 1 saturated heterocycles. The third-order valence-corrected chi connectivity index (χ3v) is 9.04. The Hall–Kier alpha value is -3.26. The zero-order valence-corrected chi connectivity index (χ0v) is 24.6. The van der Waals surface area contributed by atoms with Crippen molar-refractivity contribution in [3.05, 3.63) is 29.8 Å². The quantitative estimate of drug-likeness (QED) is 0.414. The summed E-state index contributed by atoms with van der Waals surface area (Å²) in [4.78, 5) is 34.0. The van der Waals surface area contributed by atoms with E-state index in [9.17, 15) is 27.2 Å². The molecule has 2 aromatic rings. The number of rotatable bonds is 9. The predicted octanol–water partition coefficient (Wildman–Crippen LogP) is 3.94. The fourth-order valence-electron chi connectivity index (χ4n) is 6.28. The van der Waals surface area contributed by atoms with Crippen LogP contribution in [0.2, 0.25) is 0 Å². The van der Waals surface area contributed by atoms with Crippen LogP contribution in [0, 0.1) is 11.7 Å². The van der Waals surface area contributed by atoms with Crippen LogP contribution in [-0.2, 0) is 9.53 Å². The Kier molecular flexibility index (Phi) is 8.72. The number of carbonyl (C=O) groups excluding carboxylic acids is 2. The summed E-state index contributed by atoms with van der Waals surface area (Å²) in [5.74, 6) is -1.19. The minimum atomic E-state index is -4.49. The van der Waals surface area contributed by atoms with Gasteiger partial charge in [-0.05, 0) is 71.5 Å². The second-order valence-electron chi connectivity index (χ2n) is 12.2. The number of likely N-dealkylation sites (tertiary alicyclic amines) is 1. The Morgan fingerprint density at radius 2 is 1.88 bits per heavy atom. The first-order valence-corrected chi connectivity index (χ1v) is 14.6. The molecule has 2 amide bonds. The summed E-state index contributed by atoms with van der Waals surface area (Å²) in [5.41, 5.74) is -2.02. The number of pyridine rings is 1. The minimum Gasteiger partial charge on any atom is -0.481 e. The molecule has 2 aromatic heterocycles. The average molecular weight is 611 g/mol. The highest BCUT2D eigenvalue weighted by Crippen LogP contribution is 2.51. The molecule has 0 radical (unpaired) electrons. The maximum atomic E-state index is 14.4. The molecule has 43 heavy (non-hydrogen) atoms. The van der Waals surface area contributed by atoms with Gasteiger partial charge in [-0.2, -0.15) is 18.3 Å². The van der Waals surface area contributed by atoms with Gasteiger partial charge in [-0.3, -0.25) is 14.7 Å². The van der Waals surface area contributed by atoms with Crippen LogP contribution < -0.4 is 10.1 Å². The molecule has 2 N–H and O–H groups in total. The van der Waals surface area contributed by atoms with Crippen LogP contribution in [-0.4, -0.2) is 101 Å². The van der Waals surface area contributed by atoms with Crippen LogP contribution in [0.4, 0.5) is 17.6 Å². The highest BCUT2D eigenvalue weighted by molar-refractivity contribution is 5.94. The molecule has 3 fully saturated rings. The molecule has 3 aliphatic rings. The standard InChI is InChI=1S/C29H38F4N6O4/c1-38(2)12-13-43-28(29(31,32)33)7-4-19(5-8-28)35-25(40)18-6-11-39(27(16-18)9-10-27)26(41)23-15-22(36-37-23)20-14-24(42-3)34-17-21(20)30/h14-15,17-19H,4-13,16H2,1-3H3,(H,35,40)(H,36,37)/t18-,19-,28-/m0/s1. The molecule has 1 atom stereocenters. The molecule has 2 aliphatic carbocycles. The van der Waals surface area contributed by atoms with E-state index in [1.165, 1.54) is 19.2 Å². The first-order valence-electron chi connectivity index (χ1n) is 14.6. The monoisotopic (exact) mass is 610 g/mol. The molecule has 0 aromatic carbocycles. The third kappa shape index (κ3) is 6.49. The van der Waals surface area contributed by atoms with Gasteiger partial charge in [0.05, 0.1) is 25.6 Å². The van der Waals surface area contributed by atoms with Crippen molar-refractivity contribution in [2.24, 2.45) is 5.92 Å². The molecular formula is C29H38F4N6O4. The van der Waals surface area contributed by atoms with Crippen molar-refractivity contribution in [2.75, 3.05) is 40.9 Å². The number of nitrogens with zero attached hydrogens (tertiary/aromatic N) is 4. The van der Waals surface area contributed by atoms with E-state index in [0.29, 0.717) is 31.6 Å². The number of hydrogen-bond acceptors (Lipinski definition) is 7. The lowest BCUT2D eigenvalue weighted by Crippen LogP contribution is -2.55. The lowest BCUT2D eigenvalue weighted by molar-refractivity contribution is -0.289. The van der Waals surface area contributed by atoms with Crippen molar-refractivity contribution in [3.8, 4) is 17.1 Å². The van der Waals surface area contributed by atoms with E-state index in [-0.39, 0.29) is 73.2 Å². The fraction of sp³-hybridized carbons (Fsp3) is 0.655. The predicted molar refractivity (Wildman–Crippen MR) is 148 cm³/mol. The van der Waals surface area contributed by atoms with Gasteiger partial charge in [-0.25, -0.2) is 9.37 Å². The topological polar surface area (TPSA) is 113 Å². The molecule has 1 spiro atoms. The van der Waals surface area contributed by atoms with Gasteiger partial charge in [-0.1, -0.05) is 0 Å². The Morgan fingerprint density at radius 1 is 1.16 bits per heavy atom. The Morgan fingerprint density at radius 3 is 2.51 bits per heavy atom. The van der Waals surface area contributed by atoms with E-state index >= 15 is 0 Å². The summed E-state index contributed by atoms with van der Waals surface area (Å²) >= 11 is 0.